The van der Waals surface area contributed by atoms with Crippen molar-refractivity contribution in [3.8, 4) is 5.75 Å². The van der Waals surface area contributed by atoms with E-state index in [0.29, 0.717) is 19.6 Å². The molecule has 0 radical (unpaired) electrons. The molecule has 28 heavy (non-hydrogen) atoms. The number of rotatable bonds is 3. The summed E-state index contributed by atoms with van der Waals surface area (Å²) in [5.41, 5.74) is 2.95. The highest BCUT2D eigenvalue weighted by Gasteiger charge is 2.24. The zero-order valence-corrected chi connectivity index (χ0v) is 15.9. The van der Waals surface area contributed by atoms with Gasteiger partial charge in [0.2, 0.25) is 5.91 Å². The Bertz CT molecular complexity index is 843. The van der Waals surface area contributed by atoms with E-state index in [-0.39, 0.29) is 18.0 Å². The van der Waals surface area contributed by atoms with Crippen LogP contribution in [-0.2, 0) is 17.9 Å². The third-order valence-electron chi connectivity index (χ3n) is 5.25. The van der Waals surface area contributed by atoms with Gasteiger partial charge in [-0.1, -0.05) is 0 Å². The van der Waals surface area contributed by atoms with Crippen molar-refractivity contribution >= 4 is 17.6 Å². The molecule has 1 unspecified atom stereocenters. The number of urea groups is 1. The molecule has 0 bridgehead atoms. The number of likely N-dealkylation sites (tertiary alicyclic amines) is 1. The number of hydrogen-bond donors (Lipinski definition) is 1. The van der Waals surface area contributed by atoms with Gasteiger partial charge in [0.05, 0.1) is 6.54 Å². The third-order valence-corrected chi connectivity index (χ3v) is 5.25. The third kappa shape index (κ3) is 4.08. The molecular weight excluding hydrogens is 356 g/mol. The number of nitrogens with one attached hydrogen (secondary N) is 1. The van der Waals surface area contributed by atoms with Crippen LogP contribution in [-0.4, -0.2) is 45.9 Å². The summed E-state index contributed by atoms with van der Waals surface area (Å²) in [7, 11) is 0. The van der Waals surface area contributed by atoms with E-state index in [0.717, 1.165) is 42.0 Å². The Morgan fingerprint density at radius 2 is 1.89 bits per heavy atom. The van der Waals surface area contributed by atoms with Crippen LogP contribution in [0.2, 0.25) is 0 Å². The van der Waals surface area contributed by atoms with Crippen LogP contribution in [0.4, 0.5) is 10.5 Å². The molecule has 4 rings (SSSR count). The summed E-state index contributed by atoms with van der Waals surface area (Å²) in [4.78, 5) is 31.8. The van der Waals surface area contributed by atoms with Crippen LogP contribution < -0.4 is 10.1 Å². The summed E-state index contributed by atoms with van der Waals surface area (Å²) < 4.78 is 6.01. The Kier molecular flexibility index (Phi) is 5.14. The largest absolute Gasteiger partial charge is 0.489 e. The fourth-order valence-electron chi connectivity index (χ4n) is 3.70. The molecule has 1 saturated heterocycles. The van der Waals surface area contributed by atoms with E-state index in [2.05, 4.69) is 10.3 Å². The lowest BCUT2D eigenvalue weighted by Crippen LogP contribution is -2.43. The smallest absolute Gasteiger partial charge is 0.322 e. The Morgan fingerprint density at radius 1 is 1.11 bits per heavy atom. The molecular formula is C21H24N4O3. The maximum absolute atomic E-state index is 12.5. The van der Waals surface area contributed by atoms with Crippen molar-refractivity contribution in [1.29, 1.82) is 0 Å². The number of hydrogen-bond acceptors (Lipinski definition) is 4. The molecule has 3 amide bonds. The summed E-state index contributed by atoms with van der Waals surface area (Å²) in [6.45, 7) is 4.19. The molecule has 7 heteroatoms. The number of benzene rings is 1. The lowest BCUT2D eigenvalue weighted by molar-refractivity contribution is -0.131. The minimum Gasteiger partial charge on any atom is -0.489 e. The fourth-order valence-corrected chi connectivity index (χ4v) is 3.70. The maximum Gasteiger partial charge on any atom is 0.322 e. The van der Waals surface area contributed by atoms with E-state index in [1.807, 2.05) is 41.4 Å². The van der Waals surface area contributed by atoms with Gasteiger partial charge in [-0.05, 0) is 54.3 Å². The summed E-state index contributed by atoms with van der Waals surface area (Å²) in [5, 5.41) is 2.93. The minimum atomic E-state index is -0.130. The van der Waals surface area contributed by atoms with Crippen LogP contribution in [0.1, 0.15) is 30.9 Å². The predicted octanol–water partition coefficient (Wildman–Crippen LogP) is 3.02. The predicted molar refractivity (Wildman–Crippen MR) is 105 cm³/mol. The Labute approximate surface area is 164 Å². The molecule has 1 fully saturated rings. The average molecular weight is 380 g/mol. The van der Waals surface area contributed by atoms with Gasteiger partial charge in [0.1, 0.15) is 11.9 Å². The van der Waals surface area contributed by atoms with E-state index in [4.69, 9.17) is 4.74 Å². The zero-order valence-electron chi connectivity index (χ0n) is 15.9. The number of pyridine rings is 1. The second-order valence-electron chi connectivity index (χ2n) is 7.30. The number of ether oxygens (including phenoxy) is 1. The van der Waals surface area contributed by atoms with Crippen LogP contribution in [0.15, 0.2) is 42.7 Å². The normalized spacial score (nSPS) is 18.5. The minimum absolute atomic E-state index is 0.00908. The fraction of sp³-hybridized carbons (Fsp3) is 0.381. The van der Waals surface area contributed by atoms with Gasteiger partial charge in [-0.25, -0.2) is 4.79 Å². The molecule has 1 atom stereocenters. The van der Waals surface area contributed by atoms with Gasteiger partial charge in [0.15, 0.2) is 0 Å². The number of nitrogens with zero attached hydrogens (tertiary/aromatic N) is 3. The quantitative estimate of drug-likeness (QED) is 0.888. The molecule has 1 aromatic heterocycles. The number of carbonyl (C=O) groups excluding carboxylic acids is 2. The molecule has 146 valence electrons. The van der Waals surface area contributed by atoms with Crippen molar-refractivity contribution in [2.24, 2.45) is 0 Å². The van der Waals surface area contributed by atoms with Crippen molar-refractivity contribution in [2.75, 3.05) is 18.4 Å². The Morgan fingerprint density at radius 3 is 2.64 bits per heavy atom. The van der Waals surface area contributed by atoms with Gasteiger partial charge in [0.25, 0.3) is 0 Å². The van der Waals surface area contributed by atoms with E-state index in [1.165, 1.54) is 0 Å². The molecule has 1 N–H and O–H groups in total. The van der Waals surface area contributed by atoms with Gasteiger partial charge in [-0.15, -0.1) is 0 Å². The van der Waals surface area contributed by atoms with Crippen LogP contribution >= 0.6 is 0 Å². The molecule has 1 aromatic carbocycles. The number of carbonyl (C=O) groups is 2. The highest BCUT2D eigenvalue weighted by atomic mass is 16.5. The van der Waals surface area contributed by atoms with Gasteiger partial charge >= 0.3 is 6.03 Å². The first-order valence-electron chi connectivity index (χ1n) is 9.58. The van der Waals surface area contributed by atoms with Crippen molar-refractivity contribution in [1.82, 2.24) is 14.8 Å². The second kappa shape index (κ2) is 7.88. The molecule has 0 saturated carbocycles. The number of anilines is 1. The molecule has 3 heterocycles. The molecule has 2 aliphatic rings. The van der Waals surface area contributed by atoms with Crippen LogP contribution in [0, 0.1) is 0 Å². The van der Waals surface area contributed by atoms with Crippen molar-refractivity contribution in [3.05, 3.63) is 53.9 Å². The standard InChI is InChI=1S/C21H24N4O3/c1-15(26)24-10-2-3-20(14-24)28-19-6-4-18(5-7-19)23-21(27)25-12-16-8-9-22-11-17(16)13-25/h4-9,11,20H,2-3,10,12-14H2,1H3,(H,23,27). The molecule has 7 nitrogen and oxygen atoms in total. The van der Waals surface area contributed by atoms with Crippen LogP contribution in [0.25, 0.3) is 0 Å². The first kappa shape index (κ1) is 18.3. The number of piperidine rings is 1. The van der Waals surface area contributed by atoms with Crippen LogP contribution in [0.5, 0.6) is 5.75 Å². The van der Waals surface area contributed by atoms with Crippen LogP contribution in [0.3, 0.4) is 0 Å². The first-order valence-corrected chi connectivity index (χ1v) is 9.58. The van der Waals surface area contributed by atoms with Gasteiger partial charge < -0.3 is 19.9 Å². The second-order valence-corrected chi connectivity index (χ2v) is 7.30. The average Bonchev–Trinajstić information content (AvgIpc) is 3.14. The van der Waals surface area contributed by atoms with E-state index in [9.17, 15) is 9.59 Å². The van der Waals surface area contributed by atoms with Crippen molar-refractivity contribution < 1.29 is 14.3 Å². The van der Waals surface area contributed by atoms with Gasteiger partial charge in [-0.3, -0.25) is 9.78 Å². The first-order chi connectivity index (χ1) is 13.6. The van der Waals surface area contributed by atoms with Crippen molar-refractivity contribution in [2.45, 2.75) is 39.0 Å². The lowest BCUT2D eigenvalue weighted by Gasteiger charge is -2.32. The molecule has 2 aliphatic heterocycles. The van der Waals surface area contributed by atoms with E-state index in [1.54, 1.807) is 18.0 Å². The molecule has 0 aliphatic carbocycles. The van der Waals surface area contributed by atoms with Gasteiger partial charge in [-0.2, -0.15) is 0 Å². The highest BCUT2D eigenvalue weighted by molar-refractivity contribution is 5.89. The SMILES string of the molecule is CC(=O)N1CCCC(Oc2ccc(NC(=O)N3Cc4ccncc4C3)cc2)C1. The summed E-state index contributed by atoms with van der Waals surface area (Å²) in [6, 6.07) is 9.20. The zero-order chi connectivity index (χ0) is 19.5. The van der Waals surface area contributed by atoms with E-state index >= 15 is 0 Å². The highest BCUT2D eigenvalue weighted by Crippen LogP contribution is 2.24. The van der Waals surface area contributed by atoms with Crippen molar-refractivity contribution in [3.63, 3.8) is 0 Å². The monoisotopic (exact) mass is 380 g/mol. The van der Waals surface area contributed by atoms with E-state index < -0.39 is 0 Å². The number of aromatic nitrogens is 1. The Hall–Kier alpha value is -3.09. The topological polar surface area (TPSA) is 74.8 Å². The molecule has 2 aromatic rings. The lowest BCUT2D eigenvalue weighted by atomic mass is 10.1. The molecule has 0 spiro atoms. The maximum atomic E-state index is 12.5. The number of fused-ring (bicyclic) bond motifs is 1. The number of amides is 3. The summed E-state index contributed by atoms with van der Waals surface area (Å²) in [6.07, 6.45) is 5.46. The van der Waals surface area contributed by atoms with Gasteiger partial charge in [0, 0.05) is 44.6 Å². The summed E-state index contributed by atoms with van der Waals surface area (Å²) in [5.74, 6) is 0.833. The summed E-state index contributed by atoms with van der Waals surface area (Å²) >= 11 is 0. The Balaban J connectivity index is 1.31.